The van der Waals surface area contributed by atoms with Crippen molar-refractivity contribution in [2.24, 2.45) is 0 Å². The molecule has 0 saturated carbocycles. The maximum absolute atomic E-state index is 12.7. The van der Waals surface area contributed by atoms with Gasteiger partial charge in [-0.3, -0.25) is 14.9 Å². The van der Waals surface area contributed by atoms with Crippen LogP contribution in [0.5, 0.6) is 0 Å². The summed E-state index contributed by atoms with van der Waals surface area (Å²) in [6, 6.07) is 19.4. The number of ether oxygens (including phenoxy) is 1. The maximum atomic E-state index is 12.7. The number of esters is 1. The lowest BCUT2D eigenvalue weighted by Crippen LogP contribution is -2.44. The molecule has 1 aromatic carbocycles. The molecule has 0 radical (unpaired) electrons. The molecule has 9 heteroatoms. The lowest BCUT2D eigenvalue weighted by Gasteiger charge is -2.26. The lowest BCUT2D eigenvalue weighted by atomic mass is 10.0. The molecular formula is C30H29N7O2. The Morgan fingerprint density at radius 3 is 2.64 bits per heavy atom. The van der Waals surface area contributed by atoms with E-state index < -0.39 is 5.97 Å². The number of carbonyl (C=O) groups excluding carboxylic acids is 1. The number of pyridine rings is 3. The Kier molecular flexibility index (Phi) is 7.07. The molecule has 1 aliphatic rings. The summed E-state index contributed by atoms with van der Waals surface area (Å²) >= 11 is 0. The van der Waals surface area contributed by atoms with Crippen LogP contribution in [0.2, 0.25) is 0 Å². The third kappa shape index (κ3) is 5.55. The fourth-order valence-corrected chi connectivity index (χ4v) is 4.79. The molecule has 39 heavy (non-hydrogen) atoms. The van der Waals surface area contributed by atoms with Gasteiger partial charge < -0.3 is 15.0 Å². The fraction of sp³-hybridized carbons (Fsp3) is 0.233. The Labute approximate surface area is 226 Å². The van der Waals surface area contributed by atoms with Gasteiger partial charge in [0, 0.05) is 61.1 Å². The molecule has 5 heterocycles. The minimum Gasteiger partial charge on any atom is -0.460 e. The summed E-state index contributed by atoms with van der Waals surface area (Å²) in [7, 11) is 0. The molecule has 0 amide bonds. The van der Waals surface area contributed by atoms with Crippen LogP contribution in [0.4, 0.5) is 0 Å². The Morgan fingerprint density at radius 1 is 0.949 bits per heavy atom. The molecule has 4 aromatic heterocycles. The second-order valence-electron chi connectivity index (χ2n) is 9.56. The number of carbonyl (C=O) groups is 1. The fourth-order valence-electron chi connectivity index (χ4n) is 4.79. The number of hydrogen-bond acceptors (Lipinski definition) is 8. The smallest absolute Gasteiger partial charge is 0.356 e. The van der Waals surface area contributed by atoms with E-state index in [1.54, 1.807) is 18.6 Å². The van der Waals surface area contributed by atoms with Crippen molar-refractivity contribution in [1.29, 1.82) is 0 Å². The van der Waals surface area contributed by atoms with E-state index in [1.807, 2.05) is 55.5 Å². The number of nitrogens with one attached hydrogen (secondary N) is 2. The molecule has 0 bridgehead atoms. The van der Waals surface area contributed by atoms with Crippen LogP contribution < -0.4 is 5.32 Å². The maximum Gasteiger partial charge on any atom is 0.356 e. The minimum atomic E-state index is -0.418. The highest BCUT2D eigenvalue weighted by molar-refractivity contribution is 5.90. The van der Waals surface area contributed by atoms with Gasteiger partial charge in [0.25, 0.3) is 0 Å². The van der Waals surface area contributed by atoms with Gasteiger partial charge in [-0.15, -0.1) is 0 Å². The summed E-state index contributed by atoms with van der Waals surface area (Å²) in [6.07, 6.45) is 3.46. The zero-order chi connectivity index (χ0) is 26.6. The van der Waals surface area contributed by atoms with Crippen molar-refractivity contribution < 1.29 is 9.53 Å². The molecule has 0 unspecified atom stereocenters. The first kappa shape index (κ1) is 24.8. The van der Waals surface area contributed by atoms with Crippen LogP contribution in [-0.2, 0) is 4.74 Å². The molecule has 5 aromatic rings. The first-order valence-corrected chi connectivity index (χ1v) is 13.1. The van der Waals surface area contributed by atoms with Crippen LogP contribution in [0, 0.1) is 6.92 Å². The van der Waals surface area contributed by atoms with Crippen molar-refractivity contribution >= 4 is 16.9 Å². The molecule has 1 saturated heterocycles. The van der Waals surface area contributed by atoms with E-state index in [9.17, 15) is 4.79 Å². The molecule has 6 rings (SSSR count). The van der Waals surface area contributed by atoms with Gasteiger partial charge in [0.05, 0.1) is 34.6 Å². The number of rotatable bonds is 7. The third-order valence-electron chi connectivity index (χ3n) is 6.84. The average molecular weight is 520 g/mol. The predicted molar refractivity (Wildman–Crippen MR) is 150 cm³/mol. The summed E-state index contributed by atoms with van der Waals surface area (Å²) in [4.78, 5) is 36.7. The van der Waals surface area contributed by atoms with Gasteiger partial charge in [-0.05, 0) is 49.4 Å². The van der Waals surface area contributed by atoms with Crippen molar-refractivity contribution in [3.63, 3.8) is 0 Å². The van der Waals surface area contributed by atoms with E-state index in [1.165, 1.54) is 0 Å². The Morgan fingerprint density at radius 2 is 1.77 bits per heavy atom. The van der Waals surface area contributed by atoms with Crippen LogP contribution in [-0.4, -0.2) is 75.1 Å². The Balaban J connectivity index is 1.23. The van der Waals surface area contributed by atoms with Gasteiger partial charge in [0.1, 0.15) is 12.3 Å². The van der Waals surface area contributed by atoms with Crippen LogP contribution in [0.3, 0.4) is 0 Å². The third-order valence-corrected chi connectivity index (χ3v) is 6.84. The number of fused-ring (bicyclic) bond motifs is 1. The number of benzene rings is 1. The highest BCUT2D eigenvalue weighted by atomic mass is 16.5. The SMILES string of the molecule is Cc1cccc(-c2[nH]cnc2-c2ccc3ncc(-c4cccc(C(=O)OCCN5CCNCC5)n4)cc3c2)n1. The molecule has 1 fully saturated rings. The molecule has 0 atom stereocenters. The van der Waals surface area contributed by atoms with Crippen LogP contribution in [0.25, 0.3) is 44.8 Å². The normalized spacial score (nSPS) is 14.0. The summed E-state index contributed by atoms with van der Waals surface area (Å²) in [5.74, 6) is -0.418. The molecule has 0 aliphatic carbocycles. The van der Waals surface area contributed by atoms with Crippen molar-refractivity contribution in [2.45, 2.75) is 6.92 Å². The Hall–Kier alpha value is -4.47. The van der Waals surface area contributed by atoms with Crippen molar-refractivity contribution in [3.8, 4) is 33.9 Å². The highest BCUT2D eigenvalue weighted by Gasteiger charge is 2.15. The van der Waals surface area contributed by atoms with Crippen LogP contribution in [0.15, 0.2) is 73.2 Å². The monoisotopic (exact) mass is 519 g/mol. The summed E-state index contributed by atoms with van der Waals surface area (Å²) in [5, 5.41) is 4.27. The van der Waals surface area contributed by atoms with Crippen molar-refractivity contribution in [1.82, 2.24) is 35.1 Å². The number of nitrogens with zero attached hydrogens (tertiary/aromatic N) is 5. The zero-order valence-electron chi connectivity index (χ0n) is 21.7. The number of H-pyrrole nitrogens is 1. The quantitative estimate of drug-likeness (QED) is 0.309. The van der Waals surface area contributed by atoms with Crippen molar-refractivity contribution in [3.05, 3.63) is 84.6 Å². The average Bonchev–Trinajstić information content (AvgIpc) is 3.47. The van der Waals surface area contributed by atoms with E-state index in [0.717, 1.165) is 77.5 Å². The van der Waals surface area contributed by atoms with Crippen molar-refractivity contribution in [2.75, 3.05) is 39.3 Å². The second kappa shape index (κ2) is 11.1. The van der Waals surface area contributed by atoms with Gasteiger partial charge in [-0.1, -0.05) is 18.2 Å². The van der Waals surface area contributed by atoms with E-state index in [-0.39, 0.29) is 5.69 Å². The largest absolute Gasteiger partial charge is 0.460 e. The van der Waals surface area contributed by atoms with E-state index in [0.29, 0.717) is 12.3 Å². The number of piperazine rings is 1. The number of hydrogen-bond donors (Lipinski definition) is 2. The molecule has 2 N–H and O–H groups in total. The van der Waals surface area contributed by atoms with Gasteiger partial charge in [0.2, 0.25) is 0 Å². The van der Waals surface area contributed by atoms with Gasteiger partial charge in [0.15, 0.2) is 0 Å². The van der Waals surface area contributed by atoms with E-state index in [4.69, 9.17) is 4.74 Å². The minimum absolute atomic E-state index is 0.286. The van der Waals surface area contributed by atoms with Crippen LogP contribution >= 0.6 is 0 Å². The predicted octanol–water partition coefficient (Wildman–Crippen LogP) is 4.12. The summed E-state index contributed by atoms with van der Waals surface area (Å²) < 4.78 is 5.51. The van der Waals surface area contributed by atoms with Crippen LogP contribution in [0.1, 0.15) is 16.2 Å². The van der Waals surface area contributed by atoms with E-state index in [2.05, 4.69) is 41.2 Å². The summed E-state index contributed by atoms with van der Waals surface area (Å²) in [6.45, 7) is 6.90. The molecular weight excluding hydrogens is 490 g/mol. The lowest BCUT2D eigenvalue weighted by molar-refractivity contribution is 0.0449. The molecule has 0 spiro atoms. The summed E-state index contributed by atoms with van der Waals surface area (Å²) in [5.41, 5.74) is 7.06. The first-order valence-electron chi connectivity index (χ1n) is 13.1. The second-order valence-corrected chi connectivity index (χ2v) is 9.56. The van der Waals surface area contributed by atoms with E-state index >= 15 is 0 Å². The van der Waals surface area contributed by atoms with Gasteiger partial charge >= 0.3 is 5.97 Å². The Bertz CT molecular complexity index is 1630. The van der Waals surface area contributed by atoms with Gasteiger partial charge in [-0.25, -0.2) is 14.8 Å². The number of aromatic amines is 1. The molecule has 1 aliphatic heterocycles. The molecule has 196 valence electrons. The number of aryl methyl sites for hydroxylation is 1. The highest BCUT2D eigenvalue weighted by Crippen LogP contribution is 2.31. The standard InChI is InChI=1S/C30H29N7O2/c1-20-4-2-6-26(35-20)29-28(33-19-34-29)21-8-9-24-22(16-21)17-23(18-32-24)25-5-3-7-27(36-25)30(38)39-15-14-37-12-10-31-11-13-37/h2-9,16-19,31H,10-15H2,1H3,(H,33,34). The molecule has 9 nitrogen and oxygen atoms in total. The first-order chi connectivity index (χ1) is 19.1. The number of imidazole rings is 1. The number of aromatic nitrogens is 5. The topological polar surface area (TPSA) is 109 Å². The zero-order valence-corrected chi connectivity index (χ0v) is 21.7. The van der Waals surface area contributed by atoms with Gasteiger partial charge in [-0.2, -0.15) is 0 Å².